The van der Waals surface area contributed by atoms with Crippen molar-refractivity contribution in [3.05, 3.63) is 47.3 Å². The van der Waals surface area contributed by atoms with Gasteiger partial charge in [-0.05, 0) is 24.7 Å². The van der Waals surface area contributed by atoms with E-state index < -0.39 is 0 Å². The van der Waals surface area contributed by atoms with E-state index in [4.69, 9.17) is 14.0 Å². The first-order valence-corrected chi connectivity index (χ1v) is 6.11. The van der Waals surface area contributed by atoms with Gasteiger partial charge in [-0.3, -0.25) is 0 Å². The quantitative estimate of drug-likeness (QED) is 0.828. The van der Waals surface area contributed by atoms with E-state index in [0.717, 1.165) is 22.8 Å². The highest BCUT2D eigenvalue weighted by Crippen LogP contribution is 2.14. The number of ether oxygens (including phenoxy) is 2. The van der Waals surface area contributed by atoms with Crippen LogP contribution in [0.2, 0.25) is 0 Å². The van der Waals surface area contributed by atoms with Crippen LogP contribution in [0.1, 0.15) is 17.0 Å². The highest BCUT2D eigenvalue weighted by atomic mass is 16.5. The molecule has 0 unspecified atom stereocenters. The molecule has 0 amide bonds. The molecule has 0 radical (unpaired) electrons. The molecule has 0 bridgehead atoms. The SMILES string of the molecule is CNCc1cc(COCc2cccc(OC)c2)on1. The number of rotatable bonds is 7. The second kappa shape index (κ2) is 6.92. The van der Waals surface area contributed by atoms with Crippen LogP contribution in [0.5, 0.6) is 5.75 Å². The highest BCUT2D eigenvalue weighted by molar-refractivity contribution is 5.27. The van der Waals surface area contributed by atoms with E-state index >= 15 is 0 Å². The van der Waals surface area contributed by atoms with Gasteiger partial charge in [0.15, 0.2) is 5.76 Å². The van der Waals surface area contributed by atoms with Crippen LogP contribution in [0.25, 0.3) is 0 Å². The number of methoxy groups -OCH3 is 1. The predicted octanol–water partition coefficient (Wildman–Crippen LogP) is 2.12. The molecule has 1 aromatic heterocycles. The Morgan fingerprint density at radius 1 is 1.26 bits per heavy atom. The van der Waals surface area contributed by atoms with Gasteiger partial charge in [-0.25, -0.2) is 0 Å². The summed E-state index contributed by atoms with van der Waals surface area (Å²) in [7, 11) is 3.52. The van der Waals surface area contributed by atoms with Gasteiger partial charge in [-0.2, -0.15) is 0 Å². The maximum Gasteiger partial charge on any atom is 0.162 e. The molecule has 5 heteroatoms. The van der Waals surface area contributed by atoms with Gasteiger partial charge in [0.1, 0.15) is 12.4 Å². The van der Waals surface area contributed by atoms with Crippen LogP contribution in [0.4, 0.5) is 0 Å². The summed E-state index contributed by atoms with van der Waals surface area (Å²) in [5.41, 5.74) is 1.94. The molecule has 0 saturated heterocycles. The number of nitrogens with one attached hydrogen (secondary N) is 1. The van der Waals surface area contributed by atoms with Crippen LogP contribution >= 0.6 is 0 Å². The lowest BCUT2D eigenvalue weighted by Gasteiger charge is -2.04. The molecule has 2 aromatic rings. The molecule has 0 spiro atoms. The number of hydrogen-bond acceptors (Lipinski definition) is 5. The summed E-state index contributed by atoms with van der Waals surface area (Å²) in [6.45, 7) is 1.62. The Morgan fingerprint density at radius 2 is 2.16 bits per heavy atom. The Morgan fingerprint density at radius 3 is 2.95 bits per heavy atom. The van der Waals surface area contributed by atoms with E-state index in [1.807, 2.05) is 37.4 Å². The molecular weight excluding hydrogens is 244 g/mol. The Labute approximate surface area is 112 Å². The molecule has 1 aromatic carbocycles. The number of benzene rings is 1. The summed E-state index contributed by atoms with van der Waals surface area (Å²) in [6.07, 6.45) is 0. The molecule has 19 heavy (non-hydrogen) atoms. The van der Waals surface area contributed by atoms with Crippen LogP contribution in [-0.2, 0) is 24.5 Å². The summed E-state index contributed by atoms with van der Waals surface area (Å²) in [4.78, 5) is 0. The monoisotopic (exact) mass is 262 g/mol. The van der Waals surface area contributed by atoms with Crippen molar-refractivity contribution >= 4 is 0 Å². The molecule has 102 valence electrons. The fourth-order valence-electron chi connectivity index (χ4n) is 1.72. The van der Waals surface area contributed by atoms with Gasteiger partial charge in [-0.15, -0.1) is 0 Å². The maximum atomic E-state index is 5.59. The highest BCUT2D eigenvalue weighted by Gasteiger charge is 2.04. The molecule has 5 nitrogen and oxygen atoms in total. The van der Waals surface area contributed by atoms with E-state index in [1.54, 1.807) is 7.11 Å². The third-order valence-corrected chi connectivity index (χ3v) is 2.61. The van der Waals surface area contributed by atoms with Crippen molar-refractivity contribution in [3.63, 3.8) is 0 Å². The zero-order chi connectivity index (χ0) is 13.5. The molecule has 0 saturated carbocycles. The summed E-state index contributed by atoms with van der Waals surface area (Å²) in [5.74, 6) is 1.56. The first-order valence-electron chi connectivity index (χ1n) is 6.11. The lowest BCUT2D eigenvalue weighted by atomic mass is 10.2. The smallest absolute Gasteiger partial charge is 0.162 e. The van der Waals surface area contributed by atoms with E-state index in [0.29, 0.717) is 19.8 Å². The Bertz CT molecular complexity index is 511. The first-order chi connectivity index (χ1) is 9.31. The van der Waals surface area contributed by atoms with Crippen LogP contribution in [0.3, 0.4) is 0 Å². The maximum absolute atomic E-state index is 5.59. The third kappa shape index (κ3) is 4.08. The van der Waals surface area contributed by atoms with Crippen molar-refractivity contribution in [1.82, 2.24) is 10.5 Å². The van der Waals surface area contributed by atoms with Gasteiger partial charge < -0.3 is 19.3 Å². The second-order valence-electron chi connectivity index (χ2n) is 4.16. The van der Waals surface area contributed by atoms with Crippen LogP contribution in [0.15, 0.2) is 34.9 Å². The molecule has 1 N–H and O–H groups in total. The summed E-state index contributed by atoms with van der Waals surface area (Å²) >= 11 is 0. The first kappa shape index (κ1) is 13.6. The molecule has 0 aliphatic heterocycles. The van der Waals surface area contributed by atoms with Crippen LogP contribution in [0, 0.1) is 0 Å². The summed E-state index contributed by atoms with van der Waals surface area (Å²) in [5, 5.41) is 6.94. The van der Waals surface area contributed by atoms with Crippen molar-refractivity contribution in [3.8, 4) is 5.75 Å². The average Bonchev–Trinajstić information content (AvgIpc) is 2.87. The molecule has 0 fully saturated rings. The van der Waals surface area contributed by atoms with Gasteiger partial charge >= 0.3 is 0 Å². The molecule has 0 atom stereocenters. The standard InChI is InChI=1S/C14H18N2O3/c1-15-8-12-7-14(19-16-12)10-18-9-11-4-3-5-13(6-11)17-2/h3-7,15H,8-10H2,1-2H3. The minimum absolute atomic E-state index is 0.411. The topological polar surface area (TPSA) is 56.5 Å². The van der Waals surface area contributed by atoms with Gasteiger partial charge in [0.25, 0.3) is 0 Å². The normalized spacial score (nSPS) is 10.6. The Hall–Kier alpha value is -1.85. The Kier molecular flexibility index (Phi) is 4.94. The lowest BCUT2D eigenvalue weighted by molar-refractivity contribution is 0.0882. The van der Waals surface area contributed by atoms with Crippen molar-refractivity contribution in [2.45, 2.75) is 19.8 Å². The van der Waals surface area contributed by atoms with Crippen molar-refractivity contribution in [1.29, 1.82) is 0 Å². The van der Waals surface area contributed by atoms with Crippen LogP contribution < -0.4 is 10.1 Å². The van der Waals surface area contributed by atoms with E-state index in [1.165, 1.54) is 0 Å². The lowest BCUT2D eigenvalue weighted by Crippen LogP contribution is -2.04. The van der Waals surface area contributed by atoms with Gasteiger partial charge in [0, 0.05) is 12.6 Å². The van der Waals surface area contributed by atoms with Crippen molar-refractivity contribution in [2.24, 2.45) is 0 Å². The number of nitrogens with zero attached hydrogens (tertiary/aromatic N) is 1. The number of hydrogen-bond donors (Lipinski definition) is 1. The van der Waals surface area contributed by atoms with E-state index in [2.05, 4.69) is 10.5 Å². The summed E-state index contributed by atoms with van der Waals surface area (Å²) in [6, 6.07) is 9.69. The largest absolute Gasteiger partial charge is 0.497 e. The minimum atomic E-state index is 0.411. The number of aromatic nitrogens is 1. The predicted molar refractivity (Wildman–Crippen MR) is 70.8 cm³/mol. The van der Waals surface area contributed by atoms with E-state index in [-0.39, 0.29) is 0 Å². The molecule has 0 aliphatic rings. The molecule has 1 heterocycles. The van der Waals surface area contributed by atoms with Gasteiger partial charge in [-0.1, -0.05) is 17.3 Å². The van der Waals surface area contributed by atoms with Gasteiger partial charge in [0.05, 0.1) is 19.4 Å². The zero-order valence-electron chi connectivity index (χ0n) is 11.2. The molecule has 0 aliphatic carbocycles. The van der Waals surface area contributed by atoms with Crippen molar-refractivity contribution < 1.29 is 14.0 Å². The zero-order valence-corrected chi connectivity index (χ0v) is 11.2. The fraction of sp³-hybridized carbons (Fsp3) is 0.357. The second-order valence-corrected chi connectivity index (χ2v) is 4.16. The van der Waals surface area contributed by atoms with Crippen LogP contribution in [-0.4, -0.2) is 19.3 Å². The van der Waals surface area contributed by atoms with E-state index in [9.17, 15) is 0 Å². The van der Waals surface area contributed by atoms with Crippen molar-refractivity contribution in [2.75, 3.05) is 14.2 Å². The average molecular weight is 262 g/mol. The minimum Gasteiger partial charge on any atom is -0.497 e. The molecular formula is C14H18N2O3. The molecule has 2 rings (SSSR count). The summed E-state index contributed by atoms with van der Waals surface area (Å²) < 4.78 is 15.9. The Balaban J connectivity index is 1.81. The fourth-order valence-corrected chi connectivity index (χ4v) is 1.72. The van der Waals surface area contributed by atoms with Gasteiger partial charge in [0.2, 0.25) is 0 Å². The third-order valence-electron chi connectivity index (χ3n) is 2.61.